The zero-order valence-corrected chi connectivity index (χ0v) is 13.7. The summed E-state index contributed by atoms with van der Waals surface area (Å²) < 4.78 is 5.39. The maximum atomic E-state index is 12.4. The Bertz CT molecular complexity index is 455. The fourth-order valence-electron chi connectivity index (χ4n) is 3.19. The molecule has 2 N–H and O–H groups in total. The number of carbonyl (C=O) groups excluding carboxylic acids is 1. The van der Waals surface area contributed by atoms with Crippen molar-refractivity contribution >= 4 is 5.91 Å². The first kappa shape index (κ1) is 17.0. The van der Waals surface area contributed by atoms with E-state index in [1.54, 1.807) is 7.11 Å². The van der Waals surface area contributed by atoms with E-state index < -0.39 is 0 Å². The molecule has 0 aliphatic heterocycles. The summed E-state index contributed by atoms with van der Waals surface area (Å²) >= 11 is 0. The molecule has 1 atom stereocenters. The van der Waals surface area contributed by atoms with Crippen molar-refractivity contribution in [2.45, 2.75) is 56.7 Å². The first-order valence-electron chi connectivity index (χ1n) is 8.20. The van der Waals surface area contributed by atoms with Crippen LogP contribution < -0.4 is 5.73 Å². The number of ether oxygens (including phenoxy) is 1. The highest BCUT2D eigenvalue weighted by molar-refractivity contribution is 5.76. The molecule has 1 aromatic carbocycles. The second kappa shape index (κ2) is 8.30. The molecule has 2 rings (SSSR count). The number of hydrogen-bond donors (Lipinski definition) is 1. The number of nitrogens with two attached hydrogens (primary N) is 1. The molecule has 4 nitrogen and oxygen atoms in total. The Labute approximate surface area is 133 Å². The Kier molecular flexibility index (Phi) is 6.40. The Hall–Kier alpha value is -1.39. The third kappa shape index (κ3) is 4.55. The molecule has 0 radical (unpaired) electrons. The predicted octanol–water partition coefficient (Wildman–Crippen LogP) is 2.88. The fourth-order valence-corrected chi connectivity index (χ4v) is 3.19. The lowest BCUT2D eigenvalue weighted by Gasteiger charge is -2.34. The van der Waals surface area contributed by atoms with Crippen LogP contribution in [0.5, 0.6) is 0 Å². The molecule has 0 bridgehead atoms. The Balaban J connectivity index is 1.77. The second-order valence-corrected chi connectivity index (χ2v) is 6.23. The lowest BCUT2D eigenvalue weighted by molar-refractivity contribution is -0.133. The minimum Gasteiger partial charge on any atom is -0.381 e. The summed E-state index contributed by atoms with van der Waals surface area (Å²) in [4.78, 5) is 14.3. The van der Waals surface area contributed by atoms with E-state index in [0.29, 0.717) is 25.0 Å². The molecule has 1 fully saturated rings. The average Bonchev–Trinajstić information content (AvgIpc) is 2.59. The Morgan fingerprint density at radius 1 is 1.27 bits per heavy atom. The van der Waals surface area contributed by atoms with Gasteiger partial charge in [-0.2, -0.15) is 0 Å². The van der Waals surface area contributed by atoms with Gasteiger partial charge in [0, 0.05) is 32.7 Å². The normalized spacial score (nSPS) is 23.0. The van der Waals surface area contributed by atoms with Crippen LogP contribution >= 0.6 is 0 Å². The number of amides is 1. The number of hydrogen-bond acceptors (Lipinski definition) is 3. The van der Waals surface area contributed by atoms with Crippen LogP contribution in [0, 0.1) is 0 Å². The van der Waals surface area contributed by atoms with Gasteiger partial charge in [-0.05, 0) is 37.7 Å². The van der Waals surface area contributed by atoms with Crippen molar-refractivity contribution in [2.24, 2.45) is 5.73 Å². The Morgan fingerprint density at radius 2 is 1.91 bits per heavy atom. The molecule has 1 aliphatic rings. The van der Waals surface area contributed by atoms with Gasteiger partial charge in [-0.1, -0.05) is 30.3 Å². The molecule has 1 aromatic rings. The van der Waals surface area contributed by atoms with E-state index in [1.165, 1.54) is 0 Å². The van der Waals surface area contributed by atoms with Gasteiger partial charge >= 0.3 is 0 Å². The van der Waals surface area contributed by atoms with Crippen LogP contribution in [0.4, 0.5) is 0 Å². The number of nitrogens with zero attached hydrogens (tertiary/aromatic N) is 1. The van der Waals surface area contributed by atoms with Gasteiger partial charge in [-0.25, -0.2) is 0 Å². The molecule has 0 heterocycles. The van der Waals surface area contributed by atoms with Crippen LogP contribution in [0.1, 0.15) is 50.1 Å². The maximum Gasteiger partial charge on any atom is 0.222 e. The lowest BCUT2D eigenvalue weighted by Crippen LogP contribution is -2.40. The highest BCUT2D eigenvalue weighted by Crippen LogP contribution is 2.25. The molecule has 22 heavy (non-hydrogen) atoms. The lowest BCUT2D eigenvalue weighted by atomic mass is 9.91. The topological polar surface area (TPSA) is 55.6 Å². The van der Waals surface area contributed by atoms with Gasteiger partial charge in [0.05, 0.1) is 6.10 Å². The van der Waals surface area contributed by atoms with E-state index in [9.17, 15) is 4.79 Å². The standard InChI is InChI=1S/C18H28N2O2/c1-20(15-8-10-16(22-2)11-9-15)18(21)13-12-17(19)14-6-4-3-5-7-14/h3-7,15-17H,8-13,19H2,1-2H3/t15?,16?,17-/m1/s1. The number of methoxy groups -OCH3 is 1. The number of rotatable bonds is 6. The quantitative estimate of drug-likeness (QED) is 0.879. The van der Waals surface area contributed by atoms with Gasteiger partial charge in [-0.15, -0.1) is 0 Å². The van der Waals surface area contributed by atoms with Gasteiger partial charge in [0.25, 0.3) is 0 Å². The van der Waals surface area contributed by atoms with Crippen LogP contribution in [0.15, 0.2) is 30.3 Å². The Morgan fingerprint density at radius 3 is 2.50 bits per heavy atom. The molecule has 0 aromatic heterocycles. The third-order valence-corrected chi connectivity index (χ3v) is 4.82. The predicted molar refractivity (Wildman–Crippen MR) is 88.4 cm³/mol. The summed E-state index contributed by atoms with van der Waals surface area (Å²) in [5.74, 6) is 0.201. The van der Waals surface area contributed by atoms with E-state index in [1.807, 2.05) is 42.3 Å². The number of carbonyl (C=O) groups is 1. The van der Waals surface area contributed by atoms with Gasteiger partial charge in [0.15, 0.2) is 0 Å². The summed E-state index contributed by atoms with van der Waals surface area (Å²) in [6, 6.07) is 10.3. The molecular formula is C18H28N2O2. The van der Waals surface area contributed by atoms with Gasteiger partial charge in [0.1, 0.15) is 0 Å². The van der Waals surface area contributed by atoms with Crippen molar-refractivity contribution in [1.29, 1.82) is 0 Å². The summed E-state index contributed by atoms with van der Waals surface area (Å²) in [6.45, 7) is 0. The highest BCUT2D eigenvalue weighted by atomic mass is 16.5. The zero-order chi connectivity index (χ0) is 15.9. The molecule has 0 unspecified atom stereocenters. The van der Waals surface area contributed by atoms with Gasteiger partial charge in [-0.3, -0.25) is 4.79 Å². The molecule has 0 spiro atoms. The summed E-state index contributed by atoms with van der Waals surface area (Å²) in [5, 5.41) is 0. The van der Waals surface area contributed by atoms with Crippen LogP contribution in [0.25, 0.3) is 0 Å². The second-order valence-electron chi connectivity index (χ2n) is 6.23. The minimum atomic E-state index is -0.0669. The molecule has 0 saturated heterocycles. The van der Waals surface area contributed by atoms with E-state index in [4.69, 9.17) is 10.5 Å². The molecule has 1 amide bonds. The summed E-state index contributed by atoms with van der Waals surface area (Å²) in [6.07, 6.45) is 5.73. The summed E-state index contributed by atoms with van der Waals surface area (Å²) in [5.41, 5.74) is 7.27. The van der Waals surface area contributed by atoms with Crippen molar-refractivity contribution < 1.29 is 9.53 Å². The van der Waals surface area contributed by atoms with E-state index in [0.717, 1.165) is 31.2 Å². The average molecular weight is 304 g/mol. The van der Waals surface area contributed by atoms with Crippen LogP contribution in [0.2, 0.25) is 0 Å². The van der Waals surface area contributed by atoms with E-state index >= 15 is 0 Å². The minimum absolute atomic E-state index is 0.0669. The SMILES string of the molecule is COC1CCC(N(C)C(=O)CC[C@@H](N)c2ccccc2)CC1. The van der Waals surface area contributed by atoms with Gasteiger partial charge in [0.2, 0.25) is 5.91 Å². The van der Waals surface area contributed by atoms with Crippen molar-refractivity contribution in [3.05, 3.63) is 35.9 Å². The van der Waals surface area contributed by atoms with E-state index in [-0.39, 0.29) is 11.9 Å². The molecular weight excluding hydrogens is 276 g/mol. The molecule has 1 aliphatic carbocycles. The van der Waals surface area contributed by atoms with Gasteiger partial charge < -0.3 is 15.4 Å². The molecule has 4 heteroatoms. The van der Waals surface area contributed by atoms with Crippen LogP contribution in [0.3, 0.4) is 0 Å². The third-order valence-electron chi connectivity index (χ3n) is 4.82. The zero-order valence-electron chi connectivity index (χ0n) is 13.7. The van der Waals surface area contributed by atoms with Crippen molar-refractivity contribution in [2.75, 3.05) is 14.2 Å². The van der Waals surface area contributed by atoms with Crippen LogP contribution in [-0.2, 0) is 9.53 Å². The molecule has 1 saturated carbocycles. The molecule has 122 valence electrons. The maximum absolute atomic E-state index is 12.4. The monoisotopic (exact) mass is 304 g/mol. The van der Waals surface area contributed by atoms with Crippen LogP contribution in [-0.4, -0.2) is 37.1 Å². The van der Waals surface area contributed by atoms with E-state index in [2.05, 4.69) is 0 Å². The van der Waals surface area contributed by atoms with Crippen molar-refractivity contribution in [3.8, 4) is 0 Å². The first-order valence-corrected chi connectivity index (χ1v) is 8.20. The fraction of sp³-hybridized carbons (Fsp3) is 0.611. The number of benzene rings is 1. The summed E-state index contributed by atoms with van der Waals surface area (Å²) in [7, 11) is 3.69. The first-order chi connectivity index (χ1) is 10.6. The smallest absolute Gasteiger partial charge is 0.222 e. The largest absolute Gasteiger partial charge is 0.381 e. The van der Waals surface area contributed by atoms with Crippen molar-refractivity contribution in [1.82, 2.24) is 4.90 Å². The highest BCUT2D eigenvalue weighted by Gasteiger charge is 2.26. The van der Waals surface area contributed by atoms with Crippen molar-refractivity contribution in [3.63, 3.8) is 0 Å².